The normalized spacial score (nSPS) is 21.8. The van der Waals surface area contributed by atoms with Gasteiger partial charge in [-0.25, -0.2) is 0 Å². The van der Waals surface area contributed by atoms with Crippen molar-refractivity contribution in [2.24, 2.45) is 11.8 Å². The van der Waals surface area contributed by atoms with Crippen LogP contribution in [-0.2, 0) is 14.4 Å². The zero-order valence-electron chi connectivity index (χ0n) is 25.4. The Kier molecular flexibility index (Phi) is 8.12. The highest BCUT2D eigenvalue weighted by atomic mass is 16.5. The van der Waals surface area contributed by atoms with Crippen LogP contribution in [0.4, 0.5) is 11.4 Å². The van der Waals surface area contributed by atoms with Gasteiger partial charge in [-0.1, -0.05) is 54.6 Å². The van der Waals surface area contributed by atoms with E-state index in [1.54, 1.807) is 6.07 Å². The van der Waals surface area contributed by atoms with Crippen molar-refractivity contribution in [3.05, 3.63) is 101 Å². The number of benzene rings is 4. The number of rotatable bonds is 6. The Morgan fingerprint density at radius 3 is 2.02 bits per heavy atom. The molecule has 4 aromatic rings. The van der Waals surface area contributed by atoms with Gasteiger partial charge in [0.25, 0.3) is 0 Å². The maximum absolute atomic E-state index is 14.3. The summed E-state index contributed by atoms with van der Waals surface area (Å²) >= 11 is 0. The highest BCUT2D eigenvalue weighted by Crippen LogP contribution is 2.51. The number of carbonyl (C=O) groups is 3. The minimum atomic E-state index is -1.75. The molecule has 2 amide bonds. The molecule has 1 fully saturated rings. The number of ether oxygens (including phenoxy) is 1. The molecule has 5 rings (SSSR count). The number of nitrogens with one attached hydrogen (secondary N) is 2. The molecular weight excluding hydrogens is 540 g/mol. The predicted molar refractivity (Wildman–Crippen MR) is 170 cm³/mol. The number of Topliss-reactive ketones (excluding diaryl/α,β-unsaturated/α-hetero) is 1. The van der Waals surface area contributed by atoms with Gasteiger partial charge in [0.1, 0.15) is 17.5 Å². The number of carbonyl (C=O) groups excluding carboxylic acids is 3. The summed E-state index contributed by atoms with van der Waals surface area (Å²) in [4.78, 5) is 42.5. The maximum atomic E-state index is 14.3. The third-order valence-electron chi connectivity index (χ3n) is 8.62. The van der Waals surface area contributed by atoms with Gasteiger partial charge in [0.2, 0.25) is 11.8 Å². The number of methoxy groups -OCH3 is 1. The first kappa shape index (κ1) is 30.0. The Morgan fingerprint density at radius 1 is 0.837 bits per heavy atom. The minimum Gasteiger partial charge on any atom is -0.496 e. The Bertz CT molecular complexity index is 1740. The fourth-order valence-corrected chi connectivity index (χ4v) is 6.40. The van der Waals surface area contributed by atoms with Gasteiger partial charge < -0.3 is 20.5 Å². The number of ketones is 1. The molecule has 7 heteroatoms. The molecule has 4 atom stereocenters. The number of hydrogen-bond donors (Lipinski definition) is 3. The van der Waals surface area contributed by atoms with Crippen LogP contribution < -0.4 is 15.4 Å². The summed E-state index contributed by atoms with van der Waals surface area (Å²) in [6, 6.07) is 22.7. The van der Waals surface area contributed by atoms with Crippen LogP contribution in [0.2, 0.25) is 0 Å². The zero-order chi connectivity index (χ0) is 31.1. The average Bonchev–Trinajstić information content (AvgIpc) is 2.95. The van der Waals surface area contributed by atoms with E-state index in [4.69, 9.17) is 4.74 Å². The van der Waals surface area contributed by atoms with Crippen molar-refractivity contribution in [3.8, 4) is 5.75 Å². The lowest BCUT2D eigenvalue weighted by molar-refractivity contribution is -0.150. The van der Waals surface area contributed by atoms with Gasteiger partial charge in [-0.05, 0) is 85.8 Å². The number of anilines is 2. The molecule has 4 unspecified atom stereocenters. The van der Waals surface area contributed by atoms with Gasteiger partial charge in [-0.2, -0.15) is 0 Å². The second-order valence-corrected chi connectivity index (χ2v) is 12.0. The molecule has 222 valence electrons. The fraction of sp³-hybridized carbons (Fsp3) is 0.306. The van der Waals surface area contributed by atoms with Crippen LogP contribution in [0.25, 0.3) is 10.8 Å². The third-order valence-corrected chi connectivity index (χ3v) is 8.62. The smallest absolute Gasteiger partial charge is 0.235 e. The number of hydrogen-bond acceptors (Lipinski definition) is 5. The molecule has 4 aromatic carbocycles. The van der Waals surface area contributed by atoms with E-state index in [1.807, 2.05) is 94.4 Å². The van der Waals surface area contributed by atoms with E-state index >= 15 is 0 Å². The van der Waals surface area contributed by atoms with E-state index in [0.717, 1.165) is 33.0 Å². The standard InChI is InChI=1S/C36H38N2O5/c1-20-11-13-22(3)26(17-20)37-34(40)31-28(39)19-36(5,42)33(35(41)38-27-18-21(2)12-14-23(27)4)32(31)30-25-10-8-7-9-24(25)15-16-29(30)43-6/h7-18,31-33,42H,19H2,1-6H3,(H,37,40)(H,38,41). The molecule has 0 bridgehead atoms. The Labute approximate surface area is 252 Å². The summed E-state index contributed by atoms with van der Waals surface area (Å²) in [5.74, 6) is -4.48. The topological polar surface area (TPSA) is 105 Å². The average molecular weight is 579 g/mol. The van der Waals surface area contributed by atoms with Crippen molar-refractivity contribution in [2.75, 3.05) is 17.7 Å². The molecule has 3 N–H and O–H groups in total. The van der Waals surface area contributed by atoms with E-state index in [-0.39, 0.29) is 6.42 Å². The van der Waals surface area contributed by atoms with Crippen molar-refractivity contribution in [1.29, 1.82) is 0 Å². The summed E-state index contributed by atoms with van der Waals surface area (Å²) < 4.78 is 5.82. The van der Waals surface area contributed by atoms with Gasteiger partial charge in [0.05, 0.1) is 18.6 Å². The van der Waals surface area contributed by atoms with Gasteiger partial charge in [-0.3, -0.25) is 14.4 Å². The first-order valence-corrected chi connectivity index (χ1v) is 14.5. The lowest BCUT2D eigenvalue weighted by atomic mass is 9.60. The highest BCUT2D eigenvalue weighted by Gasteiger charge is 2.57. The monoisotopic (exact) mass is 578 g/mol. The van der Waals surface area contributed by atoms with Crippen molar-refractivity contribution < 1.29 is 24.2 Å². The van der Waals surface area contributed by atoms with Crippen LogP contribution in [-0.4, -0.2) is 35.4 Å². The van der Waals surface area contributed by atoms with Crippen LogP contribution in [0.3, 0.4) is 0 Å². The molecule has 43 heavy (non-hydrogen) atoms. The Balaban J connectivity index is 1.71. The van der Waals surface area contributed by atoms with E-state index < -0.39 is 41.0 Å². The summed E-state index contributed by atoms with van der Waals surface area (Å²) in [5.41, 5.74) is 3.61. The molecule has 0 aromatic heterocycles. The van der Waals surface area contributed by atoms with Gasteiger partial charge >= 0.3 is 0 Å². The maximum Gasteiger partial charge on any atom is 0.235 e. The van der Waals surface area contributed by atoms with E-state index in [2.05, 4.69) is 10.6 Å². The minimum absolute atomic E-state index is 0.355. The van der Waals surface area contributed by atoms with Crippen LogP contribution in [0.15, 0.2) is 72.8 Å². The van der Waals surface area contributed by atoms with Crippen molar-refractivity contribution in [2.45, 2.75) is 52.6 Å². The summed E-state index contributed by atoms with van der Waals surface area (Å²) in [6.45, 7) is 9.14. The Morgan fingerprint density at radius 2 is 1.42 bits per heavy atom. The molecule has 0 saturated heterocycles. The van der Waals surface area contributed by atoms with Crippen LogP contribution in [0, 0.1) is 39.5 Å². The summed E-state index contributed by atoms with van der Waals surface area (Å²) in [5, 5.41) is 19.5. The molecule has 1 saturated carbocycles. The lowest BCUT2D eigenvalue weighted by Gasteiger charge is -2.45. The van der Waals surface area contributed by atoms with Crippen molar-refractivity contribution in [3.63, 3.8) is 0 Å². The van der Waals surface area contributed by atoms with E-state index in [9.17, 15) is 19.5 Å². The first-order valence-electron chi connectivity index (χ1n) is 14.5. The molecular formula is C36H38N2O5. The van der Waals surface area contributed by atoms with Crippen LogP contribution in [0.1, 0.15) is 47.1 Å². The largest absolute Gasteiger partial charge is 0.496 e. The van der Waals surface area contributed by atoms with E-state index in [1.165, 1.54) is 14.0 Å². The molecule has 7 nitrogen and oxygen atoms in total. The molecule has 0 heterocycles. The third kappa shape index (κ3) is 5.77. The number of amides is 2. The van der Waals surface area contributed by atoms with Crippen LogP contribution >= 0.6 is 0 Å². The van der Waals surface area contributed by atoms with Gasteiger partial charge in [0, 0.05) is 29.3 Å². The van der Waals surface area contributed by atoms with Crippen molar-refractivity contribution >= 4 is 39.7 Å². The second kappa shape index (κ2) is 11.7. The fourth-order valence-electron chi connectivity index (χ4n) is 6.40. The Hall–Kier alpha value is -4.49. The molecule has 0 aliphatic heterocycles. The predicted octanol–water partition coefficient (Wildman–Crippen LogP) is 6.40. The molecule has 1 aliphatic carbocycles. The quantitative estimate of drug-likeness (QED) is 0.230. The number of aliphatic hydroxyl groups is 1. The second-order valence-electron chi connectivity index (χ2n) is 12.0. The SMILES string of the molecule is COc1ccc2ccccc2c1C1C(C(=O)Nc2cc(C)ccc2C)C(=O)CC(C)(O)C1C(=O)Nc1cc(C)ccc1C. The summed E-state index contributed by atoms with van der Waals surface area (Å²) in [6.07, 6.45) is -0.355. The molecule has 0 spiro atoms. The summed E-state index contributed by atoms with van der Waals surface area (Å²) in [7, 11) is 1.52. The first-order chi connectivity index (χ1) is 20.4. The number of fused-ring (bicyclic) bond motifs is 1. The zero-order valence-corrected chi connectivity index (χ0v) is 25.4. The van der Waals surface area contributed by atoms with Gasteiger partial charge in [-0.15, -0.1) is 0 Å². The number of aryl methyl sites for hydroxylation is 4. The van der Waals surface area contributed by atoms with Crippen molar-refractivity contribution in [1.82, 2.24) is 0 Å². The highest BCUT2D eigenvalue weighted by molar-refractivity contribution is 6.11. The molecule has 0 radical (unpaired) electrons. The van der Waals surface area contributed by atoms with E-state index in [0.29, 0.717) is 22.7 Å². The van der Waals surface area contributed by atoms with Gasteiger partial charge in [0.15, 0.2) is 0 Å². The lowest BCUT2D eigenvalue weighted by Crippen LogP contribution is -2.56. The van der Waals surface area contributed by atoms with Crippen LogP contribution in [0.5, 0.6) is 5.75 Å². The molecule has 1 aliphatic rings.